The summed E-state index contributed by atoms with van der Waals surface area (Å²) < 4.78 is 7.53. The van der Waals surface area contributed by atoms with Crippen molar-refractivity contribution in [3.8, 4) is 5.75 Å². The molecule has 156 valence electrons. The average molecular weight is 526 g/mol. The molecule has 0 aliphatic carbocycles. The molecule has 2 rings (SSSR count). The van der Waals surface area contributed by atoms with Gasteiger partial charge in [0.25, 0.3) is 5.91 Å². The molecule has 0 saturated carbocycles. The fourth-order valence-corrected chi connectivity index (χ4v) is 3.13. The van der Waals surface area contributed by atoms with Crippen molar-refractivity contribution in [2.24, 2.45) is 0 Å². The van der Waals surface area contributed by atoms with E-state index >= 15 is 0 Å². The maximum absolute atomic E-state index is 13.0. The van der Waals surface area contributed by atoms with Crippen molar-refractivity contribution >= 4 is 43.7 Å². The van der Waals surface area contributed by atoms with Crippen LogP contribution in [0.4, 0.5) is 0 Å². The van der Waals surface area contributed by atoms with Gasteiger partial charge in [-0.25, -0.2) is 0 Å². The van der Waals surface area contributed by atoms with Gasteiger partial charge in [-0.2, -0.15) is 0 Å². The molecule has 2 aromatic carbocycles. The maximum atomic E-state index is 13.0. The average Bonchev–Trinajstić information content (AvgIpc) is 2.65. The van der Waals surface area contributed by atoms with Crippen LogP contribution in [-0.4, -0.2) is 34.9 Å². The molecule has 0 fully saturated rings. The Hall–Kier alpha value is -1.86. The molecule has 2 aromatic rings. The second-order valence-electron chi connectivity index (χ2n) is 7.81. The summed E-state index contributed by atoms with van der Waals surface area (Å²) in [5.41, 5.74) is 0.548. The maximum Gasteiger partial charge on any atom is 0.261 e. The van der Waals surface area contributed by atoms with E-state index in [9.17, 15) is 9.59 Å². The van der Waals surface area contributed by atoms with E-state index in [1.165, 1.54) is 0 Å². The standard InChI is InChI=1S/C22H26Br2N2O3/c1-15(21(28)25-22(2,3)4)26(13-16-5-7-17(23)8-6-16)20(27)14-29-19-11-9-18(24)10-12-19/h5-12,15H,13-14H2,1-4H3,(H,25,28). The number of hydrogen-bond acceptors (Lipinski definition) is 3. The van der Waals surface area contributed by atoms with Crippen molar-refractivity contribution in [2.45, 2.75) is 45.8 Å². The Morgan fingerprint density at radius 3 is 2.03 bits per heavy atom. The van der Waals surface area contributed by atoms with Crippen molar-refractivity contribution in [1.82, 2.24) is 10.2 Å². The minimum absolute atomic E-state index is 0.148. The topological polar surface area (TPSA) is 58.6 Å². The third-order valence-electron chi connectivity index (χ3n) is 4.11. The zero-order chi connectivity index (χ0) is 21.6. The molecule has 7 heteroatoms. The highest BCUT2D eigenvalue weighted by atomic mass is 79.9. The molecule has 2 amide bonds. The van der Waals surface area contributed by atoms with E-state index < -0.39 is 6.04 Å². The molecule has 1 N–H and O–H groups in total. The van der Waals surface area contributed by atoms with E-state index in [2.05, 4.69) is 37.2 Å². The van der Waals surface area contributed by atoms with Crippen LogP contribution in [0.2, 0.25) is 0 Å². The number of halogens is 2. The Balaban J connectivity index is 2.15. The van der Waals surface area contributed by atoms with Gasteiger partial charge in [-0.15, -0.1) is 0 Å². The van der Waals surface area contributed by atoms with Gasteiger partial charge in [-0.1, -0.05) is 44.0 Å². The number of nitrogens with one attached hydrogen (secondary N) is 1. The van der Waals surface area contributed by atoms with Gasteiger partial charge in [0, 0.05) is 21.0 Å². The van der Waals surface area contributed by atoms with Crippen molar-refractivity contribution in [1.29, 1.82) is 0 Å². The van der Waals surface area contributed by atoms with Crippen LogP contribution in [-0.2, 0) is 16.1 Å². The first-order valence-corrected chi connectivity index (χ1v) is 10.9. The zero-order valence-electron chi connectivity index (χ0n) is 17.0. The van der Waals surface area contributed by atoms with Gasteiger partial charge in [-0.3, -0.25) is 9.59 Å². The third kappa shape index (κ3) is 7.82. The number of nitrogens with zero attached hydrogens (tertiary/aromatic N) is 1. The van der Waals surface area contributed by atoms with Crippen LogP contribution >= 0.6 is 31.9 Å². The molecular weight excluding hydrogens is 500 g/mol. The van der Waals surface area contributed by atoms with E-state index in [1.54, 1.807) is 24.0 Å². The predicted octanol–water partition coefficient (Wildman–Crippen LogP) is 4.92. The molecule has 0 aromatic heterocycles. The van der Waals surface area contributed by atoms with E-state index in [-0.39, 0.29) is 24.0 Å². The van der Waals surface area contributed by atoms with Crippen molar-refractivity contribution in [3.05, 3.63) is 63.0 Å². The first-order chi connectivity index (χ1) is 13.5. The molecule has 29 heavy (non-hydrogen) atoms. The molecule has 1 atom stereocenters. The van der Waals surface area contributed by atoms with Crippen LogP contribution in [0, 0.1) is 0 Å². The monoisotopic (exact) mass is 524 g/mol. The molecule has 1 unspecified atom stereocenters. The lowest BCUT2D eigenvalue weighted by atomic mass is 10.1. The minimum Gasteiger partial charge on any atom is -0.484 e. The zero-order valence-corrected chi connectivity index (χ0v) is 20.2. The van der Waals surface area contributed by atoms with Crippen LogP contribution in [0.15, 0.2) is 57.5 Å². The lowest BCUT2D eigenvalue weighted by Gasteiger charge is -2.31. The Morgan fingerprint density at radius 2 is 1.52 bits per heavy atom. The van der Waals surface area contributed by atoms with Crippen molar-refractivity contribution in [2.75, 3.05) is 6.61 Å². The SMILES string of the molecule is CC(C(=O)NC(C)(C)C)N(Cc1ccc(Br)cc1)C(=O)COc1ccc(Br)cc1. The molecule has 0 radical (unpaired) electrons. The summed E-state index contributed by atoms with van der Waals surface area (Å²) in [6.07, 6.45) is 0. The summed E-state index contributed by atoms with van der Waals surface area (Å²) in [6.45, 7) is 7.64. The summed E-state index contributed by atoms with van der Waals surface area (Å²) in [5.74, 6) is 0.135. The van der Waals surface area contributed by atoms with Crippen LogP contribution < -0.4 is 10.1 Å². The van der Waals surface area contributed by atoms with Gasteiger partial charge >= 0.3 is 0 Å². The Morgan fingerprint density at radius 1 is 1.00 bits per heavy atom. The molecular formula is C22H26Br2N2O3. The molecule has 0 heterocycles. The summed E-state index contributed by atoms with van der Waals surface area (Å²) in [7, 11) is 0. The fraction of sp³-hybridized carbons (Fsp3) is 0.364. The lowest BCUT2D eigenvalue weighted by Crippen LogP contribution is -2.53. The van der Waals surface area contributed by atoms with Crippen LogP contribution in [0.5, 0.6) is 5.75 Å². The van der Waals surface area contributed by atoms with E-state index in [0.717, 1.165) is 14.5 Å². The van der Waals surface area contributed by atoms with Gasteiger partial charge in [0.15, 0.2) is 6.61 Å². The first-order valence-electron chi connectivity index (χ1n) is 9.29. The normalized spacial score (nSPS) is 12.2. The number of amides is 2. The number of carbonyl (C=O) groups is 2. The number of ether oxygens (including phenoxy) is 1. The Labute approximate surface area is 189 Å². The van der Waals surface area contributed by atoms with Crippen molar-refractivity contribution < 1.29 is 14.3 Å². The van der Waals surface area contributed by atoms with Gasteiger partial charge in [0.05, 0.1) is 0 Å². The van der Waals surface area contributed by atoms with Crippen molar-refractivity contribution in [3.63, 3.8) is 0 Å². The number of rotatable bonds is 7. The highest BCUT2D eigenvalue weighted by Gasteiger charge is 2.28. The molecule has 0 bridgehead atoms. The molecule has 0 aliphatic heterocycles. The summed E-state index contributed by atoms with van der Waals surface area (Å²) in [5, 5.41) is 2.94. The van der Waals surface area contributed by atoms with E-state index in [1.807, 2.05) is 57.2 Å². The highest BCUT2D eigenvalue weighted by Crippen LogP contribution is 2.18. The Bertz CT molecular complexity index is 831. The predicted molar refractivity (Wildman–Crippen MR) is 122 cm³/mol. The number of carbonyl (C=O) groups excluding carboxylic acids is 2. The summed E-state index contributed by atoms with van der Waals surface area (Å²) >= 11 is 6.78. The van der Waals surface area contributed by atoms with Gasteiger partial charge in [0.2, 0.25) is 5.91 Å². The van der Waals surface area contributed by atoms with Gasteiger partial charge in [-0.05, 0) is 69.7 Å². The smallest absolute Gasteiger partial charge is 0.261 e. The lowest BCUT2D eigenvalue weighted by molar-refractivity contribution is -0.142. The van der Waals surface area contributed by atoms with Crippen LogP contribution in [0.3, 0.4) is 0 Å². The molecule has 0 saturated heterocycles. The van der Waals surface area contributed by atoms with Gasteiger partial charge < -0.3 is 15.0 Å². The quantitative estimate of drug-likeness (QED) is 0.558. The minimum atomic E-state index is -0.640. The largest absolute Gasteiger partial charge is 0.484 e. The molecule has 5 nitrogen and oxygen atoms in total. The van der Waals surface area contributed by atoms with Crippen LogP contribution in [0.1, 0.15) is 33.3 Å². The Kier molecular flexibility index (Phi) is 8.28. The fourth-order valence-electron chi connectivity index (χ4n) is 2.60. The number of benzene rings is 2. The third-order valence-corrected chi connectivity index (χ3v) is 5.16. The van der Waals surface area contributed by atoms with E-state index in [0.29, 0.717) is 12.3 Å². The molecule has 0 aliphatic rings. The number of hydrogen-bond donors (Lipinski definition) is 1. The molecule has 0 spiro atoms. The summed E-state index contributed by atoms with van der Waals surface area (Å²) in [4.78, 5) is 27.2. The second kappa shape index (κ2) is 10.3. The first kappa shape index (κ1) is 23.4. The van der Waals surface area contributed by atoms with Crippen LogP contribution in [0.25, 0.3) is 0 Å². The van der Waals surface area contributed by atoms with Gasteiger partial charge in [0.1, 0.15) is 11.8 Å². The summed E-state index contributed by atoms with van der Waals surface area (Å²) in [6, 6.07) is 14.3. The van der Waals surface area contributed by atoms with E-state index in [4.69, 9.17) is 4.74 Å². The highest BCUT2D eigenvalue weighted by molar-refractivity contribution is 9.10. The second-order valence-corrected chi connectivity index (χ2v) is 9.64.